The van der Waals surface area contributed by atoms with Crippen molar-refractivity contribution in [1.29, 1.82) is 0 Å². The van der Waals surface area contributed by atoms with Crippen molar-refractivity contribution in [2.45, 2.75) is 6.92 Å². The smallest absolute Gasteiger partial charge is 0.237 e. The summed E-state index contributed by atoms with van der Waals surface area (Å²) in [7, 11) is 0. The van der Waals surface area contributed by atoms with Crippen LogP contribution in [0.15, 0.2) is 49.3 Å². The van der Waals surface area contributed by atoms with E-state index >= 15 is 0 Å². The molecule has 0 amide bonds. The molecule has 0 radical (unpaired) electrons. The van der Waals surface area contributed by atoms with Gasteiger partial charge in [0.05, 0.1) is 23.6 Å². The van der Waals surface area contributed by atoms with Crippen LogP contribution in [0.25, 0.3) is 33.7 Å². The second kappa shape index (κ2) is 4.72. The first-order chi connectivity index (χ1) is 11.8. The maximum Gasteiger partial charge on any atom is 0.237 e. The van der Waals surface area contributed by atoms with Gasteiger partial charge in [-0.05, 0) is 25.1 Å². The summed E-state index contributed by atoms with van der Waals surface area (Å²) in [5, 5.41) is 8.10. The van der Waals surface area contributed by atoms with Crippen LogP contribution in [0.1, 0.15) is 5.82 Å². The lowest BCUT2D eigenvalue weighted by molar-refractivity contribution is 0.887. The fraction of sp³-hybridized carbons (Fsp3) is 0.0625. The van der Waals surface area contributed by atoms with E-state index in [9.17, 15) is 0 Å². The fourth-order valence-corrected chi connectivity index (χ4v) is 2.77. The van der Waals surface area contributed by atoms with Gasteiger partial charge in [-0.2, -0.15) is 10.1 Å². The van der Waals surface area contributed by atoms with E-state index in [0.717, 1.165) is 33.6 Å². The molecule has 0 saturated heterocycles. The van der Waals surface area contributed by atoms with Crippen LogP contribution in [0, 0.1) is 6.92 Å². The number of benzene rings is 1. The Morgan fingerprint density at radius 2 is 2.00 bits per heavy atom. The molecule has 24 heavy (non-hydrogen) atoms. The Hall–Kier alpha value is -3.55. The molecule has 0 aliphatic rings. The second-order valence-corrected chi connectivity index (χ2v) is 5.48. The zero-order valence-corrected chi connectivity index (χ0v) is 12.7. The third-order valence-corrected chi connectivity index (χ3v) is 4.02. The van der Waals surface area contributed by atoms with Crippen molar-refractivity contribution in [1.82, 2.24) is 39.3 Å². The molecule has 0 bridgehead atoms. The number of H-pyrrole nitrogens is 1. The number of fused-ring (bicyclic) bond motifs is 2. The van der Waals surface area contributed by atoms with Gasteiger partial charge in [0.25, 0.3) is 0 Å². The highest BCUT2D eigenvalue weighted by Gasteiger charge is 2.11. The molecule has 0 saturated carbocycles. The van der Waals surface area contributed by atoms with Crippen LogP contribution in [0.3, 0.4) is 0 Å². The summed E-state index contributed by atoms with van der Waals surface area (Å²) < 4.78 is 3.78. The fourth-order valence-electron chi connectivity index (χ4n) is 2.77. The van der Waals surface area contributed by atoms with Gasteiger partial charge >= 0.3 is 0 Å². The Bertz CT molecular complexity index is 1180. The van der Waals surface area contributed by atoms with Crippen molar-refractivity contribution in [2.24, 2.45) is 0 Å². The van der Waals surface area contributed by atoms with Crippen LogP contribution in [-0.2, 0) is 0 Å². The minimum Gasteiger partial charge on any atom is -0.283 e. The standard InChI is InChI=1S/C16H12N8/c1-10-17-4-5-23(10)16-18-8-14-15(21-16)24(9-19-14)12-3-2-11-7-20-22-13(11)6-12/h2-9H,1H3,(H,20,22). The number of aryl methyl sites for hydroxylation is 1. The summed E-state index contributed by atoms with van der Waals surface area (Å²) in [6.07, 6.45) is 8.84. The first-order valence-corrected chi connectivity index (χ1v) is 7.43. The van der Waals surface area contributed by atoms with Gasteiger partial charge in [0.2, 0.25) is 5.95 Å². The van der Waals surface area contributed by atoms with E-state index in [4.69, 9.17) is 0 Å². The third-order valence-electron chi connectivity index (χ3n) is 4.02. The van der Waals surface area contributed by atoms with Crippen molar-refractivity contribution in [3.05, 3.63) is 55.1 Å². The highest BCUT2D eigenvalue weighted by Crippen LogP contribution is 2.20. The Morgan fingerprint density at radius 1 is 1.04 bits per heavy atom. The minimum absolute atomic E-state index is 0.571. The number of nitrogens with one attached hydrogen (secondary N) is 1. The molecule has 5 rings (SSSR count). The first kappa shape index (κ1) is 12.9. The van der Waals surface area contributed by atoms with Crippen LogP contribution in [0.2, 0.25) is 0 Å². The monoisotopic (exact) mass is 316 g/mol. The summed E-state index contributed by atoms with van der Waals surface area (Å²) >= 11 is 0. The second-order valence-electron chi connectivity index (χ2n) is 5.48. The molecule has 8 heteroatoms. The van der Waals surface area contributed by atoms with Gasteiger partial charge in [-0.15, -0.1) is 0 Å². The molecule has 0 aliphatic carbocycles. The number of aromatic nitrogens is 8. The Kier molecular flexibility index (Phi) is 2.55. The maximum absolute atomic E-state index is 4.67. The Labute approximate surface area is 135 Å². The van der Waals surface area contributed by atoms with Gasteiger partial charge in [-0.1, -0.05) is 0 Å². The molecule has 4 heterocycles. The molecule has 116 valence electrons. The lowest BCUT2D eigenvalue weighted by Crippen LogP contribution is -2.03. The maximum atomic E-state index is 4.67. The van der Waals surface area contributed by atoms with Crippen LogP contribution in [-0.4, -0.2) is 39.3 Å². The van der Waals surface area contributed by atoms with E-state index in [0.29, 0.717) is 5.95 Å². The topological polar surface area (TPSA) is 90.1 Å². The number of nitrogens with zero attached hydrogens (tertiary/aromatic N) is 7. The molecule has 0 atom stereocenters. The SMILES string of the molecule is Cc1nccn1-c1ncc2ncn(-c3ccc4cn[nH]c4c3)c2n1. The molecule has 0 unspecified atom stereocenters. The van der Waals surface area contributed by atoms with Crippen LogP contribution in [0.4, 0.5) is 0 Å². The number of hydrogen-bond donors (Lipinski definition) is 1. The van der Waals surface area contributed by atoms with Gasteiger partial charge in [0, 0.05) is 17.8 Å². The predicted molar refractivity (Wildman–Crippen MR) is 88.2 cm³/mol. The summed E-state index contributed by atoms with van der Waals surface area (Å²) in [4.78, 5) is 17.7. The molecule has 0 fully saturated rings. The van der Waals surface area contributed by atoms with Crippen molar-refractivity contribution in [3.63, 3.8) is 0 Å². The normalized spacial score (nSPS) is 11.5. The number of rotatable bonds is 2. The highest BCUT2D eigenvalue weighted by molar-refractivity contribution is 5.81. The van der Waals surface area contributed by atoms with Crippen molar-refractivity contribution in [2.75, 3.05) is 0 Å². The molecule has 1 N–H and O–H groups in total. The van der Waals surface area contributed by atoms with E-state index in [-0.39, 0.29) is 0 Å². The van der Waals surface area contributed by atoms with Gasteiger partial charge in [-0.3, -0.25) is 14.2 Å². The predicted octanol–water partition coefficient (Wildman–Crippen LogP) is 2.19. The van der Waals surface area contributed by atoms with E-state index in [1.54, 1.807) is 24.9 Å². The van der Waals surface area contributed by atoms with Crippen LogP contribution in [0.5, 0.6) is 0 Å². The van der Waals surface area contributed by atoms with Crippen LogP contribution >= 0.6 is 0 Å². The van der Waals surface area contributed by atoms with E-state index in [2.05, 4.69) is 30.1 Å². The number of aromatic amines is 1. The van der Waals surface area contributed by atoms with Gasteiger partial charge in [-0.25, -0.2) is 15.0 Å². The molecule has 5 aromatic rings. The molecule has 4 aromatic heterocycles. The van der Waals surface area contributed by atoms with E-state index in [1.807, 2.05) is 40.5 Å². The zero-order valence-electron chi connectivity index (χ0n) is 12.7. The number of hydrogen-bond acceptors (Lipinski definition) is 5. The molecule has 0 spiro atoms. The van der Waals surface area contributed by atoms with Crippen molar-refractivity contribution >= 4 is 22.1 Å². The zero-order chi connectivity index (χ0) is 16.1. The van der Waals surface area contributed by atoms with Gasteiger partial charge < -0.3 is 0 Å². The molecule has 8 nitrogen and oxygen atoms in total. The largest absolute Gasteiger partial charge is 0.283 e. The van der Waals surface area contributed by atoms with Gasteiger partial charge in [0.1, 0.15) is 17.7 Å². The molecular weight excluding hydrogens is 304 g/mol. The summed E-state index contributed by atoms with van der Waals surface area (Å²) in [5.41, 5.74) is 3.41. The Morgan fingerprint density at radius 3 is 2.88 bits per heavy atom. The van der Waals surface area contributed by atoms with Crippen molar-refractivity contribution < 1.29 is 0 Å². The lowest BCUT2D eigenvalue weighted by atomic mass is 10.2. The summed E-state index contributed by atoms with van der Waals surface area (Å²) in [5.74, 6) is 1.40. The molecule has 1 aromatic carbocycles. The highest BCUT2D eigenvalue weighted by atomic mass is 15.2. The average molecular weight is 316 g/mol. The summed E-state index contributed by atoms with van der Waals surface area (Å²) in [6.45, 7) is 1.91. The lowest BCUT2D eigenvalue weighted by Gasteiger charge is -2.06. The first-order valence-electron chi connectivity index (χ1n) is 7.43. The number of imidazole rings is 2. The third kappa shape index (κ3) is 1.83. The summed E-state index contributed by atoms with van der Waals surface area (Å²) in [6, 6.07) is 6.05. The Balaban J connectivity index is 1.72. The molecular formula is C16H12N8. The quantitative estimate of drug-likeness (QED) is 0.539. The average Bonchev–Trinajstić information content (AvgIpc) is 3.32. The minimum atomic E-state index is 0.571. The van der Waals surface area contributed by atoms with Crippen molar-refractivity contribution in [3.8, 4) is 11.6 Å². The van der Waals surface area contributed by atoms with Crippen LogP contribution < -0.4 is 0 Å². The van der Waals surface area contributed by atoms with E-state index < -0.39 is 0 Å². The van der Waals surface area contributed by atoms with Gasteiger partial charge in [0.15, 0.2) is 5.65 Å². The molecule has 0 aliphatic heterocycles. The van der Waals surface area contributed by atoms with E-state index in [1.165, 1.54) is 0 Å².